The van der Waals surface area contributed by atoms with Crippen molar-refractivity contribution in [2.75, 3.05) is 5.32 Å². The fraction of sp³-hybridized carbons (Fsp3) is 0. The number of nitrogens with zero attached hydrogens (tertiary/aromatic N) is 1. The molecule has 26 heavy (non-hydrogen) atoms. The summed E-state index contributed by atoms with van der Waals surface area (Å²) in [6.45, 7) is 0. The van der Waals surface area contributed by atoms with Gasteiger partial charge in [0.2, 0.25) is 5.43 Å². The highest BCUT2D eigenvalue weighted by atomic mass is 35.5. The van der Waals surface area contributed by atoms with Crippen molar-refractivity contribution in [3.63, 3.8) is 0 Å². The number of hydrazone groups is 1. The lowest BCUT2D eigenvalue weighted by Crippen LogP contribution is -2.32. The van der Waals surface area contributed by atoms with Crippen LogP contribution >= 0.6 is 11.6 Å². The number of carbonyl (C=O) groups is 2. The smallest absolute Gasteiger partial charge is 0.329 e. The molecule has 0 atom stereocenters. The van der Waals surface area contributed by atoms with Gasteiger partial charge in [-0.2, -0.15) is 5.10 Å². The molecule has 0 bridgehead atoms. The van der Waals surface area contributed by atoms with Crippen molar-refractivity contribution >= 4 is 46.3 Å². The molecule has 0 saturated heterocycles. The number of amides is 2. The molecule has 1 heterocycles. The molecular weight excluding hydrogens is 358 g/mol. The molecular formula is C18H12ClN3O4. The van der Waals surface area contributed by atoms with Crippen molar-refractivity contribution in [3.8, 4) is 0 Å². The molecule has 7 nitrogen and oxygen atoms in total. The SMILES string of the molecule is O=C(N/N=C/c1coc2ccccc2c1=O)C(=O)Nc1ccc(Cl)cc1. The summed E-state index contributed by atoms with van der Waals surface area (Å²) in [6, 6.07) is 13.0. The van der Waals surface area contributed by atoms with Crippen molar-refractivity contribution in [2.24, 2.45) is 5.10 Å². The Morgan fingerprint density at radius 2 is 1.77 bits per heavy atom. The van der Waals surface area contributed by atoms with Gasteiger partial charge in [-0.05, 0) is 36.4 Å². The van der Waals surface area contributed by atoms with Gasteiger partial charge in [0.05, 0.1) is 17.2 Å². The lowest BCUT2D eigenvalue weighted by Gasteiger charge is -2.03. The van der Waals surface area contributed by atoms with Crippen LogP contribution in [0.4, 0.5) is 5.69 Å². The van der Waals surface area contributed by atoms with Gasteiger partial charge >= 0.3 is 11.8 Å². The predicted octanol–water partition coefficient (Wildman–Crippen LogP) is 2.54. The molecule has 3 aromatic rings. The van der Waals surface area contributed by atoms with Crippen LogP contribution in [-0.2, 0) is 9.59 Å². The standard InChI is InChI=1S/C18H12ClN3O4/c19-12-5-7-13(8-6-12)21-17(24)18(25)22-20-9-11-10-26-15-4-2-1-3-14(15)16(11)23/h1-10H,(H,21,24)(H,22,25)/b20-9+. The molecule has 130 valence electrons. The highest BCUT2D eigenvalue weighted by Gasteiger charge is 2.13. The van der Waals surface area contributed by atoms with Gasteiger partial charge in [0.25, 0.3) is 0 Å². The molecule has 1 aromatic heterocycles. The normalized spacial score (nSPS) is 10.8. The minimum Gasteiger partial charge on any atom is -0.463 e. The Morgan fingerprint density at radius 1 is 1.04 bits per heavy atom. The molecule has 0 aliphatic carbocycles. The van der Waals surface area contributed by atoms with Gasteiger partial charge in [-0.1, -0.05) is 23.7 Å². The van der Waals surface area contributed by atoms with Gasteiger partial charge in [0, 0.05) is 10.7 Å². The van der Waals surface area contributed by atoms with E-state index in [-0.39, 0.29) is 11.0 Å². The number of anilines is 1. The quantitative estimate of drug-likeness (QED) is 0.421. The Kier molecular flexibility index (Phi) is 5.09. The number of para-hydroxylation sites is 1. The number of halogens is 1. The van der Waals surface area contributed by atoms with E-state index in [9.17, 15) is 14.4 Å². The number of carbonyl (C=O) groups excluding carboxylic acids is 2. The van der Waals surface area contributed by atoms with E-state index in [0.29, 0.717) is 21.7 Å². The van der Waals surface area contributed by atoms with Crippen LogP contribution in [0.5, 0.6) is 0 Å². The molecule has 2 N–H and O–H groups in total. The Labute approximate surface area is 152 Å². The third-order valence-electron chi connectivity index (χ3n) is 3.38. The minimum absolute atomic E-state index is 0.141. The zero-order valence-corrected chi connectivity index (χ0v) is 14.0. The van der Waals surface area contributed by atoms with Gasteiger partial charge in [-0.25, -0.2) is 5.43 Å². The highest BCUT2D eigenvalue weighted by molar-refractivity contribution is 6.39. The van der Waals surface area contributed by atoms with Crippen molar-refractivity contribution in [1.82, 2.24) is 5.43 Å². The van der Waals surface area contributed by atoms with Crippen molar-refractivity contribution in [1.29, 1.82) is 0 Å². The first-order chi connectivity index (χ1) is 12.5. The van der Waals surface area contributed by atoms with Crippen LogP contribution in [0.3, 0.4) is 0 Å². The number of fused-ring (bicyclic) bond motifs is 1. The molecule has 0 fully saturated rings. The van der Waals surface area contributed by atoms with E-state index in [1.54, 1.807) is 48.5 Å². The Balaban J connectivity index is 1.65. The van der Waals surface area contributed by atoms with Crippen LogP contribution in [0.2, 0.25) is 5.02 Å². The Hall–Kier alpha value is -3.45. The maximum absolute atomic E-state index is 12.3. The summed E-state index contributed by atoms with van der Waals surface area (Å²) < 4.78 is 5.32. The third kappa shape index (κ3) is 3.96. The maximum atomic E-state index is 12.3. The highest BCUT2D eigenvalue weighted by Crippen LogP contribution is 2.13. The van der Waals surface area contributed by atoms with Crippen molar-refractivity contribution < 1.29 is 14.0 Å². The van der Waals surface area contributed by atoms with E-state index in [1.807, 2.05) is 5.43 Å². The molecule has 8 heteroatoms. The molecule has 0 saturated carbocycles. The summed E-state index contributed by atoms with van der Waals surface area (Å²) >= 11 is 5.74. The van der Waals surface area contributed by atoms with E-state index in [4.69, 9.17) is 16.0 Å². The van der Waals surface area contributed by atoms with E-state index >= 15 is 0 Å². The molecule has 2 aromatic carbocycles. The molecule has 0 unspecified atom stereocenters. The first-order valence-corrected chi connectivity index (χ1v) is 7.83. The first kappa shape index (κ1) is 17.4. The molecule has 0 aliphatic rings. The van der Waals surface area contributed by atoms with E-state index in [2.05, 4.69) is 10.4 Å². The lowest BCUT2D eigenvalue weighted by atomic mass is 10.2. The van der Waals surface area contributed by atoms with E-state index in [1.165, 1.54) is 6.26 Å². The molecule has 0 aliphatic heterocycles. The monoisotopic (exact) mass is 369 g/mol. The van der Waals surface area contributed by atoms with Gasteiger partial charge in [0.15, 0.2) is 0 Å². The average Bonchev–Trinajstić information content (AvgIpc) is 2.65. The van der Waals surface area contributed by atoms with Crippen LogP contribution in [0.1, 0.15) is 5.56 Å². The van der Waals surface area contributed by atoms with Crippen LogP contribution in [0.25, 0.3) is 11.0 Å². The van der Waals surface area contributed by atoms with E-state index in [0.717, 1.165) is 6.21 Å². The fourth-order valence-electron chi connectivity index (χ4n) is 2.11. The number of hydrogen-bond donors (Lipinski definition) is 2. The third-order valence-corrected chi connectivity index (χ3v) is 3.64. The summed E-state index contributed by atoms with van der Waals surface area (Å²) in [7, 11) is 0. The van der Waals surface area contributed by atoms with Crippen LogP contribution < -0.4 is 16.2 Å². The second-order valence-electron chi connectivity index (χ2n) is 5.18. The van der Waals surface area contributed by atoms with Crippen LogP contribution in [0, 0.1) is 0 Å². The summed E-state index contributed by atoms with van der Waals surface area (Å²) in [6.07, 6.45) is 2.35. The largest absolute Gasteiger partial charge is 0.463 e. The Morgan fingerprint density at radius 3 is 2.54 bits per heavy atom. The average molecular weight is 370 g/mol. The summed E-state index contributed by atoms with van der Waals surface area (Å²) in [5.41, 5.74) is 2.75. The minimum atomic E-state index is -0.985. The number of nitrogens with one attached hydrogen (secondary N) is 2. The second-order valence-corrected chi connectivity index (χ2v) is 5.61. The second kappa shape index (κ2) is 7.62. The van der Waals surface area contributed by atoms with Crippen molar-refractivity contribution in [3.05, 3.63) is 75.6 Å². The van der Waals surface area contributed by atoms with Gasteiger partial charge < -0.3 is 9.73 Å². The molecule has 0 spiro atoms. The summed E-state index contributed by atoms with van der Waals surface area (Å²) in [5.74, 6) is -1.89. The number of hydrogen-bond acceptors (Lipinski definition) is 5. The topological polar surface area (TPSA) is 101 Å². The summed E-state index contributed by atoms with van der Waals surface area (Å²) in [5, 5.41) is 6.91. The summed E-state index contributed by atoms with van der Waals surface area (Å²) in [4.78, 5) is 35.8. The van der Waals surface area contributed by atoms with Crippen molar-refractivity contribution in [2.45, 2.75) is 0 Å². The molecule has 2 amide bonds. The zero-order valence-electron chi connectivity index (χ0n) is 13.2. The fourth-order valence-corrected chi connectivity index (χ4v) is 2.24. The lowest BCUT2D eigenvalue weighted by molar-refractivity contribution is -0.136. The maximum Gasteiger partial charge on any atom is 0.329 e. The first-order valence-electron chi connectivity index (χ1n) is 7.45. The number of rotatable bonds is 3. The predicted molar refractivity (Wildman–Crippen MR) is 98.3 cm³/mol. The van der Waals surface area contributed by atoms with E-state index < -0.39 is 11.8 Å². The molecule has 0 radical (unpaired) electrons. The van der Waals surface area contributed by atoms with Gasteiger partial charge in [0.1, 0.15) is 11.8 Å². The van der Waals surface area contributed by atoms with Gasteiger partial charge in [-0.3, -0.25) is 14.4 Å². The molecule has 3 rings (SSSR count). The van der Waals surface area contributed by atoms with Gasteiger partial charge in [-0.15, -0.1) is 0 Å². The Bertz CT molecular complexity index is 1060. The van der Waals surface area contributed by atoms with Crippen LogP contribution in [0.15, 0.2) is 69.1 Å². The number of benzene rings is 2. The zero-order chi connectivity index (χ0) is 18.5. The van der Waals surface area contributed by atoms with Crippen LogP contribution in [-0.4, -0.2) is 18.0 Å².